The summed E-state index contributed by atoms with van der Waals surface area (Å²) >= 11 is 0. The number of amides is 1. The minimum Gasteiger partial charge on any atom is -0.480 e. The molecule has 6 heteroatoms. The molecule has 1 amide bonds. The molecular weight excluding hydrogens is 404 g/mol. The Labute approximate surface area is 187 Å². The Morgan fingerprint density at radius 2 is 1.47 bits per heavy atom. The van der Waals surface area contributed by atoms with E-state index in [4.69, 9.17) is 10.5 Å². The van der Waals surface area contributed by atoms with Crippen molar-refractivity contribution in [2.75, 3.05) is 13.2 Å². The second-order valence-corrected chi connectivity index (χ2v) is 7.99. The van der Waals surface area contributed by atoms with Crippen LogP contribution in [0.15, 0.2) is 78.9 Å². The van der Waals surface area contributed by atoms with E-state index >= 15 is 0 Å². The van der Waals surface area contributed by atoms with Crippen LogP contribution in [0.1, 0.15) is 35.6 Å². The van der Waals surface area contributed by atoms with Crippen LogP contribution in [0.2, 0.25) is 0 Å². The first kappa shape index (κ1) is 21.6. The lowest BCUT2D eigenvalue weighted by molar-refractivity contribution is -0.138. The van der Waals surface area contributed by atoms with E-state index in [2.05, 4.69) is 24.3 Å². The molecule has 3 aromatic rings. The first-order chi connectivity index (χ1) is 15.5. The van der Waals surface area contributed by atoms with E-state index < -0.39 is 24.1 Å². The number of carbonyl (C=O) groups excluding carboxylic acids is 1. The summed E-state index contributed by atoms with van der Waals surface area (Å²) in [6.07, 6.45) is -0.583. The molecule has 6 nitrogen and oxygen atoms in total. The van der Waals surface area contributed by atoms with Crippen LogP contribution in [0.4, 0.5) is 4.79 Å². The number of ether oxygens (including phenoxy) is 1. The van der Waals surface area contributed by atoms with Gasteiger partial charge in [0.25, 0.3) is 0 Å². The van der Waals surface area contributed by atoms with Crippen molar-refractivity contribution in [3.63, 3.8) is 0 Å². The van der Waals surface area contributed by atoms with Crippen molar-refractivity contribution in [1.82, 2.24) is 4.90 Å². The summed E-state index contributed by atoms with van der Waals surface area (Å²) in [6, 6.07) is 24.0. The summed E-state index contributed by atoms with van der Waals surface area (Å²) in [5.41, 5.74) is 11.2. The van der Waals surface area contributed by atoms with Crippen molar-refractivity contribution >= 4 is 12.1 Å². The lowest BCUT2D eigenvalue weighted by atomic mass is 9.98. The van der Waals surface area contributed by atoms with Crippen molar-refractivity contribution < 1.29 is 19.4 Å². The molecule has 0 radical (unpaired) electrons. The zero-order valence-corrected chi connectivity index (χ0v) is 17.8. The van der Waals surface area contributed by atoms with Crippen molar-refractivity contribution in [2.45, 2.75) is 24.9 Å². The second-order valence-electron chi connectivity index (χ2n) is 7.99. The molecule has 0 saturated carbocycles. The van der Waals surface area contributed by atoms with Gasteiger partial charge in [-0.1, -0.05) is 78.9 Å². The third-order valence-corrected chi connectivity index (χ3v) is 6.03. The third-order valence-electron chi connectivity index (χ3n) is 6.03. The summed E-state index contributed by atoms with van der Waals surface area (Å²) in [7, 11) is 0. The zero-order valence-electron chi connectivity index (χ0n) is 17.8. The summed E-state index contributed by atoms with van der Waals surface area (Å²) < 4.78 is 5.76. The molecule has 2 atom stereocenters. The molecular formula is C26H26N2O4. The van der Waals surface area contributed by atoms with Gasteiger partial charge in [0, 0.05) is 5.92 Å². The van der Waals surface area contributed by atoms with Gasteiger partial charge in [0.2, 0.25) is 0 Å². The molecule has 0 spiro atoms. The van der Waals surface area contributed by atoms with E-state index in [1.807, 2.05) is 61.5 Å². The molecule has 0 heterocycles. The average Bonchev–Trinajstić information content (AvgIpc) is 3.14. The smallest absolute Gasteiger partial charge is 0.410 e. The summed E-state index contributed by atoms with van der Waals surface area (Å²) in [4.78, 5) is 25.9. The van der Waals surface area contributed by atoms with Gasteiger partial charge in [-0.15, -0.1) is 0 Å². The van der Waals surface area contributed by atoms with Gasteiger partial charge in [-0.05, 0) is 34.7 Å². The van der Waals surface area contributed by atoms with Gasteiger partial charge < -0.3 is 15.6 Å². The summed E-state index contributed by atoms with van der Waals surface area (Å²) in [5, 5.41) is 9.28. The van der Waals surface area contributed by atoms with Crippen molar-refractivity contribution in [1.29, 1.82) is 0 Å². The highest BCUT2D eigenvalue weighted by molar-refractivity contribution is 5.79. The molecule has 0 aromatic heterocycles. The highest BCUT2D eigenvalue weighted by Crippen LogP contribution is 2.44. The zero-order chi connectivity index (χ0) is 22.7. The number of carbonyl (C=O) groups is 2. The molecule has 1 aliphatic carbocycles. The molecule has 0 aliphatic heterocycles. The maximum Gasteiger partial charge on any atom is 0.410 e. The van der Waals surface area contributed by atoms with Crippen LogP contribution in [0, 0.1) is 0 Å². The number of carboxylic acids is 1. The molecule has 1 aliphatic rings. The molecule has 0 bridgehead atoms. The Morgan fingerprint density at radius 1 is 0.938 bits per heavy atom. The molecule has 0 saturated heterocycles. The van der Waals surface area contributed by atoms with Crippen molar-refractivity contribution in [3.8, 4) is 11.1 Å². The maximum atomic E-state index is 13.2. The van der Waals surface area contributed by atoms with Crippen LogP contribution in [-0.4, -0.2) is 41.3 Å². The fraction of sp³-hybridized carbons (Fsp3) is 0.231. The molecule has 4 rings (SSSR count). The number of nitrogens with zero attached hydrogens (tertiary/aromatic N) is 1. The minimum atomic E-state index is -1.21. The average molecular weight is 431 g/mol. The Hall–Kier alpha value is -3.64. The van der Waals surface area contributed by atoms with Crippen LogP contribution in [0.3, 0.4) is 0 Å². The molecule has 164 valence electrons. The number of hydrogen-bond donors (Lipinski definition) is 2. The van der Waals surface area contributed by atoms with E-state index in [-0.39, 0.29) is 19.1 Å². The largest absolute Gasteiger partial charge is 0.480 e. The normalized spacial score (nSPS) is 14.2. The summed E-state index contributed by atoms with van der Waals surface area (Å²) in [6.45, 7) is 1.85. The second kappa shape index (κ2) is 9.24. The van der Waals surface area contributed by atoms with Gasteiger partial charge in [-0.3, -0.25) is 9.69 Å². The van der Waals surface area contributed by atoms with Gasteiger partial charge in [0.05, 0.1) is 12.6 Å². The van der Waals surface area contributed by atoms with Gasteiger partial charge >= 0.3 is 12.1 Å². The quantitative estimate of drug-likeness (QED) is 0.579. The van der Waals surface area contributed by atoms with Gasteiger partial charge in [0.1, 0.15) is 12.6 Å². The predicted octanol–water partition coefficient (Wildman–Crippen LogP) is 4.41. The number of fused-ring (bicyclic) bond motifs is 3. The number of aliphatic carboxylic acids is 1. The molecule has 32 heavy (non-hydrogen) atoms. The van der Waals surface area contributed by atoms with E-state index in [1.54, 1.807) is 0 Å². The SMILES string of the molecule is CC(c1ccccc1)N(CC(N)C(=O)O)C(=O)OCC1c2ccccc2-c2ccccc21. The molecule has 2 unspecified atom stereocenters. The topological polar surface area (TPSA) is 92.9 Å². The van der Waals surface area contributed by atoms with E-state index in [9.17, 15) is 14.7 Å². The van der Waals surface area contributed by atoms with Crippen LogP contribution >= 0.6 is 0 Å². The van der Waals surface area contributed by atoms with E-state index in [0.29, 0.717) is 0 Å². The fourth-order valence-corrected chi connectivity index (χ4v) is 4.27. The maximum absolute atomic E-state index is 13.2. The lowest BCUT2D eigenvalue weighted by Gasteiger charge is -2.30. The lowest BCUT2D eigenvalue weighted by Crippen LogP contribution is -2.46. The Kier molecular flexibility index (Phi) is 6.23. The number of hydrogen-bond acceptors (Lipinski definition) is 4. The number of carboxylic acid groups (broad SMARTS) is 1. The first-order valence-electron chi connectivity index (χ1n) is 10.6. The molecule has 3 aromatic carbocycles. The first-order valence-corrected chi connectivity index (χ1v) is 10.6. The minimum absolute atomic E-state index is 0.0756. The van der Waals surface area contributed by atoms with Gasteiger partial charge in [-0.2, -0.15) is 0 Å². The number of nitrogens with two attached hydrogens (primary N) is 1. The summed E-state index contributed by atoms with van der Waals surface area (Å²) in [5.74, 6) is -1.24. The number of rotatable bonds is 7. The Morgan fingerprint density at radius 3 is 2.03 bits per heavy atom. The Balaban J connectivity index is 1.55. The van der Waals surface area contributed by atoms with Gasteiger partial charge in [-0.25, -0.2) is 4.79 Å². The fourth-order valence-electron chi connectivity index (χ4n) is 4.27. The van der Waals surface area contributed by atoms with E-state index in [0.717, 1.165) is 27.8 Å². The highest BCUT2D eigenvalue weighted by Gasteiger charge is 2.32. The highest BCUT2D eigenvalue weighted by atomic mass is 16.6. The van der Waals surface area contributed by atoms with Crippen LogP contribution in [0.5, 0.6) is 0 Å². The van der Waals surface area contributed by atoms with Crippen LogP contribution < -0.4 is 5.73 Å². The monoisotopic (exact) mass is 430 g/mol. The van der Waals surface area contributed by atoms with Crippen LogP contribution in [0.25, 0.3) is 11.1 Å². The predicted molar refractivity (Wildman–Crippen MR) is 122 cm³/mol. The third kappa shape index (κ3) is 4.22. The molecule has 3 N–H and O–H groups in total. The van der Waals surface area contributed by atoms with Crippen molar-refractivity contribution in [2.24, 2.45) is 5.73 Å². The Bertz CT molecular complexity index is 1070. The van der Waals surface area contributed by atoms with Crippen molar-refractivity contribution in [3.05, 3.63) is 95.6 Å². The van der Waals surface area contributed by atoms with E-state index in [1.165, 1.54) is 4.90 Å². The van der Waals surface area contributed by atoms with Gasteiger partial charge in [0.15, 0.2) is 0 Å². The molecule has 0 fully saturated rings. The van der Waals surface area contributed by atoms with Crippen LogP contribution in [-0.2, 0) is 9.53 Å². The standard InChI is InChI=1S/C26H26N2O4/c1-17(18-9-3-2-4-10-18)28(15-24(27)25(29)30)26(31)32-16-23-21-13-7-5-11-19(21)20-12-6-8-14-22(20)23/h2-14,17,23-24H,15-16,27H2,1H3,(H,29,30). The number of benzene rings is 3.